The van der Waals surface area contributed by atoms with Gasteiger partial charge in [0.25, 0.3) is 0 Å². The van der Waals surface area contributed by atoms with Gasteiger partial charge in [0, 0.05) is 24.0 Å². The summed E-state index contributed by atoms with van der Waals surface area (Å²) in [6, 6.07) is 1.34. The van der Waals surface area contributed by atoms with Gasteiger partial charge in [-0.2, -0.15) is 0 Å². The van der Waals surface area contributed by atoms with Crippen molar-refractivity contribution in [3.8, 4) is 0 Å². The van der Waals surface area contributed by atoms with Crippen LogP contribution in [-0.4, -0.2) is 24.0 Å². The maximum Gasteiger partial charge on any atom is 0.0209 e. The normalized spacial score (nSPS) is 19.1. The van der Waals surface area contributed by atoms with Gasteiger partial charge in [-0.3, -0.25) is 0 Å². The van der Waals surface area contributed by atoms with Crippen molar-refractivity contribution < 1.29 is 0 Å². The second-order valence-corrected chi connectivity index (χ2v) is 5.81. The zero-order valence-corrected chi connectivity index (χ0v) is 13.8. The number of alkyl halides is 1. The predicted octanol–water partition coefficient (Wildman–Crippen LogP) is 4.16. The van der Waals surface area contributed by atoms with E-state index in [2.05, 4.69) is 34.4 Å². The van der Waals surface area contributed by atoms with Gasteiger partial charge >= 0.3 is 0 Å². The molecule has 0 unspecified atom stereocenters. The first-order chi connectivity index (χ1) is 9.24. The van der Waals surface area contributed by atoms with Crippen molar-refractivity contribution in [3.63, 3.8) is 0 Å². The molecular formula is C16H31BrN2. The number of halogens is 1. The van der Waals surface area contributed by atoms with E-state index < -0.39 is 0 Å². The van der Waals surface area contributed by atoms with Crippen LogP contribution >= 0.6 is 15.9 Å². The van der Waals surface area contributed by atoms with E-state index in [0.29, 0.717) is 6.04 Å². The Hall–Kier alpha value is -0.120. The molecule has 2 rings (SSSR count). The van der Waals surface area contributed by atoms with Crippen LogP contribution in [0.3, 0.4) is 0 Å². The molecule has 0 aromatic heterocycles. The van der Waals surface area contributed by atoms with Gasteiger partial charge in [0.2, 0.25) is 0 Å². The zero-order chi connectivity index (χ0) is 14.3. The molecule has 0 radical (unpaired) electrons. The maximum absolute atomic E-state index is 5.53. The molecule has 0 bridgehead atoms. The summed E-state index contributed by atoms with van der Waals surface area (Å²) in [5.74, 6) is 0. The Labute approximate surface area is 128 Å². The molecule has 2 aliphatic carbocycles. The van der Waals surface area contributed by atoms with E-state index in [1.54, 1.807) is 6.08 Å². The third-order valence-corrected chi connectivity index (χ3v) is 3.87. The van der Waals surface area contributed by atoms with E-state index in [4.69, 9.17) is 5.73 Å². The number of hydrogen-bond acceptors (Lipinski definition) is 2. The minimum absolute atomic E-state index is 0.546. The molecule has 3 heteroatoms. The molecule has 3 N–H and O–H groups in total. The number of nitrogens with one attached hydrogen (secondary N) is 1. The van der Waals surface area contributed by atoms with Gasteiger partial charge < -0.3 is 11.1 Å². The molecule has 0 heterocycles. The minimum atomic E-state index is 0.546. The lowest BCUT2D eigenvalue weighted by atomic mass is 10.2. The smallest absolute Gasteiger partial charge is 0.0209 e. The van der Waals surface area contributed by atoms with Crippen molar-refractivity contribution in [2.75, 3.05) is 11.9 Å². The van der Waals surface area contributed by atoms with Gasteiger partial charge in [-0.05, 0) is 25.7 Å². The molecule has 2 saturated carbocycles. The van der Waals surface area contributed by atoms with E-state index >= 15 is 0 Å². The minimum Gasteiger partial charge on any atom is -0.328 e. The summed E-state index contributed by atoms with van der Waals surface area (Å²) in [5, 5.41) is 4.31. The highest BCUT2D eigenvalue weighted by Crippen LogP contribution is 2.17. The SMILES string of the molecule is C=CCBr.C=CCNC1CCCC1.NC1CCCC1. The summed E-state index contributed by atoms with van der Waals surface area (Å²) < 4.78 is 0. The molecule has 0 spiro atoms. The Kier molecular flexibility index (Phi) is 14.2. The fourth-order valence-electron chi connectivity index (χ4n) is 2.34. The zero-order valence-electron chi connectivity index (χ0n) is 12.2. The molecule has 2 nitrogen and oxygen atoms in total. The van der Waals surface area contributed by atoms with E-state index in [1.807, 2.05) is 6.08 Å². The molecule has 0 atom stereocenters. The molecule has 0 saturated heterocycles. The van der Waals surface area contributed by atoms with Crippen LogP contribution in [0.15, 0.2) is 25.3 Å². The Morgan fingerprint density at radius 3 is 1.79 bits per heavy atom. The van der Waals surface area contributed by atoms with E-state index in [0.717, 1.165) is 17.9 Å². The first-order valence-electron chi connectivity index (χ1n) is 7.51. The Balaban J connectivity index is 0.000000281. The monoisotopic (exact) mass is 330 g/mol. The highest BCUT2D eigenvalue weighted by molar-refractivity contribution is 9.09. The summed E-state index contributed by atoms with van der Waals surface area (Å²) in [6.07, 6.45) is 14.5. The van der Waals surface area contributed by atoms with Crippen LogP contribution in [-0.2, 0) is 0 Å². The summed E-state index contributed by atoms with van der Waals surface area (Å²) >= 11 is 3.13. The fraction of sp³-hybridized carbons (Fsp3) is 0.750. The third kappa shape index (κ3) is 12.6. The molecule has 0 aliphatic heterocycles. The number of allylic oxidation sites excluding steroid dienone is 1. The van der Waals surface area contributed by atoms with Crippen LogP contribution in [0.1, 0.15) is 51.4 Å². The van der Waals surface area contributed by atoms with E-state index in [9.17, 15) is 0 Å². The van der Waals surface area contributed by atoms with Crippen molar-refractivity contribution in [2.24, 2.45) is 5.73 Å². The Morgan fingerprint density at radius 1 is 1.00 bits per heavy atom. The Morgan fingerprint density at radius 2 is 1.47 bits per heavy atom. The van der Waals surface area contributed by atoms with Gasteiger partial charge in [-0.15, -0.1) is 13.2 Å². The number of rotatable bonds is 4. The Bertz CT molecular complexity index is 207. The third-order valence-electron chi connectivity index (χ3n) is 3.41. The molecule has 0 aromatic carbocycles. The summed E-state index contributed by atoms with van der Waals surface area (Å²) in [5.41, 5.74) is 5.53. The van der Waals surface area contributed by atoms with Crippen LogP contribution in [0.5, 0.6) is 0 Å². The van der Waals surface area contributed by atoms with Crippen molar-refractivity contribution in [1.29, 1.82) is 0 Å². The lowest BCUT2D eigenvalue weighted by Crippen LogP contribution is -2.25. The van der Waals surface area contributed by atoms with Crippen LogP contribution < -0.4 is 11.1 Å². The largest absolute Gasteiger partial charge is 0.328 e. The molecule has 112 valence electrons. The van der Waals surface area contributed by atoms with Gasteiger partial charge in [0.15, 0.2) is 0 Å². The molecule has 2 fully saturated rings. The van der Waals surface area contributed by atoms with Crippen molar-refractivity contribution >= 4 is 15.9 Å². The molecule has 0 aromatic rings. The first kappa shape index (κ1) is 18.9. The second-order valence-electron chi connectivity index (χ2n) is 5.17. The van der Waals surface area contributed by atoms with Crippen molar-refractivity contribution in [3.05, 3.63) is 25.3 Å². The van der Waals surface area contributed by atoms with Crippen LogP contribution in [0.4, 0.5) is 0 Å². The van der Waals surface area contributed by atoms with Crippen LogP contribution in [0.25, 0.3) is 0 Å². The molecule has 19 heavy (non-hydrogen) atoms. The number of nitrogens with two attached hydrogens (primary N) is 1. The van der Waals surface area contributed by atoms with Gasteiger partial charge in [0.1, 0.15) is 0 Å². The van der Waals surface area contributed by atoms with E-state index in [-0.39, 0.29) is 0 Å². The van der Waals surface area contributed by atoms with E-state index in [1.165, 1.54) is 51.4 Å². The molecular weight excluding hydrogens is 300 g/mol. The average Bonchev–Trinajstić information content (AvgIpc) is 3.10. The van der Waals surface area contributed by atoms with Gasteiger partial charge in [0.05, 0.1) is 0 Å². The lowest BCUT2D eigenvalue weighted by molar-refractivity contribution is 0.557. The fourth-order valence-corrected chi connectivity index (χ4v) is 2.34. The number of hydrogen-bond donors (Lipinski definition) is 2. The summed E-state index contributed by atoms with van der Waals surface area (Å²) in [6.45, 7) is 8.07. The maximum atomic E-state index is 5.53. The summed E-state index contributed by atoms with van der Waals surface area (Å²) in [7, 11) is 0. The summed E-state index contributed by atoms with van der Waals surface area (Å²) in [4.78, 5) is 0. The lowest BCUT2D eigenvalue weighted by Gasteiger charge is -2.07. The van der Waals surface area contributed by atoms with Crippen LogP contribution in [0, 0.1) is 0 Å². The highest BCUT2D eigenvalue weighted by Gasteiger charge is 2.12. The van der Waals surface area contributed by atoms with Gasteiger partial charge in [-0.1, -0.05) is 53.8 Å². The van der Waals surface area contributed by atoms with Crippen molar-refractivity contribution in [2.45, 2.75) is 63.5 Å². The second kappa shape index (κ2) is 14.3. The van der Waals surface area contributed by atoms with Crippen LogP contribution in [0.2, 0.25) is 0 Å². The van der Waals surface area contributed by atoms with Gasteiger partial charge in [-0.25, -0.2) is 0 Å². The average molecular weight is 331 g/mol. The molecule has 0 amide bonds. The highest BCUT2D eigenvalue weighted by atomic mass is 79.9. The predicted molar refractivity (Wildman–Crippen MR) is 90.9 cm³/mol. The quantitative estimate of drug-likeness (QED) is 0.600. The molecule has 2 aliphatic rings. The first-order valence-corrected chi connectivity index (χ1v) is 8.63. The topological polar surface area (TPSA) is 38.0 Å². The standard InChI is InChI=1S/C8H15N.C5H11N.C3H5Br/c1-2-7-9-8-5-3-4-6-8;6-5-3-1-2-4-5;1-2-3-4/h2,8-9H,1,3-7H2;5H,1-4,6H2;2H,1,3H2. The van der Waals surface area contributed by atoms with Crippen molar-refractivity contribution in [1.82, 2.24) is 5.32 Å².